The summed E-state index contributed by atoms with van der Waals surface area (Å²) in [6.07, 6.45) is 7.76. The molecule has 18 heavy (non-hydrogen) atoms. The number of hydrogen-bond donors (Lipinski definition) is 0. The predicted octanol–water partition coefficient (Wildman–Crippen LogP) is -5.97. The molecule has 92 valence electrons. The molecular formula is C12H18K2O4. The van der Waals surface area contributed by atoms with Crippen LogP contribution in [-0.4, -0.2) is 11.9 Å². The van der Waals surface area contributed by atoms with E-state index in [4.69, 9.17) is 0 Å². The molecule has 0 aliphatic carbocycles. The van der Waals surface area contributed by atoms with Crippen molar-refractivity contribution >= 4 is 11.9 Å². The van der Waals surface area contributed by atoms with Crippen molar-refractivity contribution in [2.45, 2.75) is 45.4 Å². The number of rotatable bonds is 9. The fourth-order valence-electron chi connectivity index (χ4n) is 1.36. The van der Waals surface area contributed by atoms with Gasteiger partial charge in [0.25, 0.3) is 0 Å². The van der Waals surface area contributed by atoms with Gasteiger partial charge < -0.3 is 19.8 Å². The summed E-state index contributed by atoms with van der Waals surface area (Å²) in [6.45, 7) is 2.11. The Kier molecular flexibility index (Phi) is 23.6. The zero-order valence-electron chi connectivity index (χ0n) is 11.6. The van der Waals surface area contributed by atoms with Gasteiger partial charge in [0.05, 0.1) is 0 Å². The monoisotopic (exact) mass is 304 g/mol. The minimum Gasteiger partial charge on any atom is -0.550 e. The van der Waals surface area contributed by atoms with E-state index < -0.39 is 24.3 Å². The molecule has 0 bridgehead atoms. The van der Waals surface area contributed by atoms with Crippen LogP contribution in [0.2, 0.25) is 0 Å². The average Bonchev–Trinajstić information content (AvgIpc) is 2.20. The second-order valence-corrected chi connectivity index (χ2v) is 3.78. The quantitative estimate of drug-likeness (QED) is 0.241. The van der Waals surface area contributed by atoms with Gasteiger partial charge in [0.15, 0.2) is 0 Å². The fraction of sp³-hybridized carbons (Fsp3) is 0.667. The van der Waals surface area contributed by atoms with Gasteiger partial charge in [-0.05, 0) is 19.3 Å². The van der Waals surface area contributed by atoms with Crippen LogP contribution in [0.3, 0.4) is 0 Å². The summed E-state index contributed by atoms with van der Waals surface area (Å²) in [5.74, 6) is -3.81. The molecular weight excluding hydrogens is 286 g/mol. The first-order valence-corrected chi connectivity index (χ1v) is 5.65. The maximum absolute atomic E-state index is 10.5. The van der Waals surface area contributed by atoms with E-state index in [0.29, 0.717) is 0 Å². The van der Waals surface area contributed by atoms with Gasteiger partial charge in [-0.3, -0.25) is 0 Å². The molecule has 1 atom stereocenters. The Balaban J connectivity index is -0.00000112. The number of carboxylic acid groups (broad SMARTS) is 2. The summed E-state index contributed by atoms with van der Waals surface area (Å²) in [7, 11) is 0. The van der Waals surface area contributed by atoms with Crippen LogP contribution in [0, 0.1) is 5.92 Å². The van der Waals surface area contributed by atoms with Crippen LogP contribution >= 0.6 is 0 Å². The van der Waals surface area contributed by atoms with Crippen molar-refractivity contribution in [1.82, 2.24) is 0 Å². The predicted molar refractivity (Wildman–Crippen MR) is 56.0 cm³/mol. The number of carboxylic acids is 2. The second-order valence-electron chi connectivity index (χ2n) is 3.78. The van der Waals surface area contributed by atoms with Crippen LogP contribution in [0.25, 0.3) is 0 Å². The molecule has 0 rings (SSSR count). The minimum atomic E-state index is -1.37. The van der Waals surface area contributed by atoms with Crippen LogP contribution in [0.1, 0.15) is 45.4 Å². The number of carbonyl (C=O) groups is 2. The first kappa shape index (κ1) is 24.9. The van der Waals surface area contributed by atoms with Crippen molar-refractivity contribution in [2.75, 3.05) is 0 Å². The van der Waals surface area contributed by atoms with Gasteiger partial charge in [0.1, 0.15) is 0 Å². The third-order valence-corrected chi connectivity index (χ3v) is 2.28. The van der Waals surface area contributed by atoms with E-state index >= 15 is 0 Å². The van der Waals surface area contributed by atoms with Gasteiger partial charge in [-0.25, -0.2) is 0 Å². The van der Waals surface area contributed by atoms with Crippen LogP contribution in [0.4, 0.5) is 0 Å². The van der Waals surface area contributed by atoms with Crippen LogP contribution in [-0.2, 0) is 9.59 Å². The molecule has 0 spiro atoms. The van der Waals surface area contributed by atoms with E-state index in [9.17, 15) is 19.8 Å². The molecule has 0 aromatic rings. The van der Waals surface area contributed by atoms with Crippen LogP contribution in [0.15, 0.2) is 12.2 Å². The molecule has 4 nitrogen and oxygen atoms in total. The van der Waals surface area contributed by atoms with E-state index in [0.717, 1.165) is 32.1 Å². The normalized spacial score (nSPS) is 11.4. The van der Waals surface area contributed by atoms with Crippen molar-refractivity contribution in [3.8, 4) is 0 Å². The van der Waals surface area contributed by atoms with Crippen molar-refractivity contribution in [1.29, 1.82) is 0 Å². The third-order valence-electron chi connectivity index (χ3n) is 2.28. The molecule has 0 N–H and O–H groups in total. The topological polar surface area (TPSA) is 80.3 Å². The summed E-state index contributed by atoms with van der Waals surface area (Å²) < 4.78 is 0. The van der Waals surface area contributed by atoms with Gasteiger partial charge in [0, 0.05) is 17.9 Å². The molecule has 1 unspecified atom stereocenters. The molecule has 0 amide bonds. The van der Waals surface area contributed by atoms with Crippen LogP contribution < -0.4 is 113 Å². The van der Waals surface area contributed by atoms with Gasteiger partial charge >= 0.3 is 103 Å². The van der Waals surface area contributed by atoms with Gasteiger partial charge in [-0.1, -0.05) is 38.3 Å². The maximum atomic E-state index is 10.5. The third kappa shape index (κ3) is 16.0. The fourth-order valence-corrected chi connectivity index (χ4v) is 1.36. The number of unbranched alkanes of at least 4 members (excludes halogenated alkanes) is 4. The number of hydrogen-bond acceptors (Lipinski definition) is 4. The first-order valence-electron chi connectivity index (χ1n) is 5.65. The summed E-state index contributed by atoms with van der Waals surface area (Å²) in [5, 5.41) is 20.8. The van der Waals surface area contributed by atoms with E-state index in [-0.39, 0.29) is 103 Å². The molecule has 0 fully saturated rings. The first-order chi connectivity index (χ1) is 7.57. The van der Waals surface area contributed by atoms with E-state index in [1.54, 1.807) is 6.08 Å². The van der Waals surface area contributed by atoms with Gasteiger partial charge in [0.2, 0.25) is 0 Å². The molecule has 0 saturated carbocycles. The summed E-state index contributed by atoms with van der Waals surface area (Å²) in [4.78, 5) is 20.8. The Morgan fingerprint density at radius 2 is 1.72 bits per heavy atom. The number of allylic oxidation sites excluding steroid dienone is 1. The van der Waals surface area contributed by atoms with Crippen molar-refractivity contribution in [3.05, 3.63) is 12.2 Å². The minimum absolute atomic E-state index is 0. The van der Waals surface area contributed by atoms with Crippen molar-refractivity contribution in [3.63, 3.8) is 0 Å². The smallest absolute Gasteiger partial charge is 0.550 e. The molecule has 0 aromatic heterocycles. The molecule has 0 radical (unpaired) electrons. The SMILES string of the molecule is CCCCCC/C=C\C(CC(=O)[O-])C(=O)[O-].[K+].[K+]. The van der Waals surface area contributed by atoms with Gasteiger partial charge in [-0.2, -0.15) is 0 Å². The molecule has 0 aromatic carbocycles. The summed E-state index contributed by atoms with van der Waals surface area (Å²) in [5.41, 5.74) is 0. The standard InChI is InChI=1S/C12H20O4.2K/c1-2-3-4-5-6-7-8-10(12(15)16)9-11(13)14;;/h7-8,10H,2-6,9H2,1H3,(H,13,14)(H,15,16);;/q;2*+1/p-2/b8-7-;;. The Morgan fingerprint density at radius 3 is 2.17 bits per heavy atom. The average molecular weight is 304 g/mol. The molecule has 0 heterocycles. The van der Waals surface area contributed by atoms with E-state index in [1.165, 1.54) is 6.08 Å². The number of aliphatic carboxylic acids is 2. The van der Waals surface area contributed by atoms with E-state index in [1.807, 2.05) is 0 Å². The van der Waals surface area contributed by atoms with Crippen molar-refractivity contribution in [2.24, 2.45) is 5.92 Å². The maximum Gasteiger partial charge on any atom is 1.00 e. The summed E-state index contributed by atoms with van der Waals surface area (Å²) >= 11 is 0. The van der Waals surface area contributed by atoms with Gasteiger partial charge in [-0.15, -0.1) is 0 Å². The molecule has 0 aliphatic heterocycles. The Morgan fingerprint density at radius 1 is 1.11 bits per heavy atom. The molecule has 6 heteroatoms. The Hall–Kier alpha value is 1.95. The Labute approximate surface area is 194 Å². The van der Waals surface area contributed by atoms with Crippen molar-refractivity contribution < 1.29 is 123 Å². The zero-order chi connectivity index (χ0) is 12.4. The second kappa shape index (κ2) is 17.0. The summed E-state index contributed by atoms with van der Waals surface area (Å²) in [6, 6.07) is 0. The molecule has 0 saturated heterocycles. The largest absolute Gasteiger partial charge is 1.00 e. The van der Waals surface area contributed by atoms with E-state index in [2.05, 4.69) is 6.92 Å². The zero-order valence-corrected chi connectivity index (χ0v) is 17.9. The molecule has 0 aliphatic rings. The van der Waals surface area contributed by atoms with Crippen LogP contribution in [0.5, 0.6) is 0 Å². The number of carbonyl (C=O) groups excluding carboxylic acids is 2. The Bertz CT molecular complexity index is 254.